The summed E-state index contributed by atoms with van der Waals surface area (Å²) >= 11 is 0. The Morgan fingerprint density at radius 2 is 1.95 bits per heavy atom. The van der Waals surface area contributed by atoms with Crippen LogP contribution in [0.25, 0.3) is 0 Å². The lowest BCUT2D eigenvalue weighted by Gasteiger charge is -2.11. The molecule has 1 heterocycles. The molecule has 1 aromatic rings. The van der Waals surface area contributed by atoms with Crippen molar-refractivity contribution < 1.29 is 19.1 Å². The zero-order chi connectivity index (χ0) is 15.2. The van der Waals surface area contributed by atoms with Gasteiger partial charge >= 0.3 is 0 Å². The molecule has 21 heavy (non-hydrogen) atoms. The maximum absolute atomic E-state index is 11.9. The third kappa shape index (κ3) is 4.35. The first-order valence-electron chi connectivity index (χ1n) is 6.65. The van der Waals surface area contributed by atoms with E-state index in [0.717, 1.165) is 6.54 Å². The fraction of sp³-hybridized carbons (Fsp3) is 0.429. The largest absolute Gasteiger partial charge is 0.454 e. The highest BCUT2D eigenvalue weighted by Gasteiger charge is 2.16. The predicted molar refractivity (Wildman–Crippen MR) is 76.5 cm³/mol. The Hall–Kier alpha value is -2.28. The van der Waals surface area contributed by atoms with Crippen LogP contribution in [0.3, 0.4) is 0 Å². The first kappa shape index (κ1) is 15.1. The molecule has 2 rings (SSSR count). The average Bonchev–Trinajstić information content (AvgIpc) is 2.91. The maximum Gasteiger partial charge on any atom is 0.251 e. The van der Waals surface area contributed by atoms with E-state index in [1.54, 1.807) is 18.2 Å². The van der Waals surface area contributed by atoms with E-state index in [-0.39, 0.29) is 25.2 Å². The molecule has 1 aliphatic rings. The lowest BCUT2D eigenvalue weighted by molar-refractivity contribution is -0.120. The van der Waals surface area contributed by atoms with Gasteiger partial charge in [0.25, 0.3) is 5.91 Å². The first-order chi connectivity index (χ1) is 10.1. The molecular formula is C14H19N3O4. The van der Waals surface area contributed by atoms with Crippen molar-refractivity contribution in [3.63, 3.8) is 0 Å². The summed E-state index contributed by atoms with van der Waals surface area (Å²) in [6, 6.07) is 4.91. The van der Waals surface area contributed by atoms with E-state index in [9.17, 15) is 9.59 Å². The van der Waals surface area contributed by atoms with Crippen LogP contribution in [0.2, 0.25) is 0 Å². The van der Waals surface area contributed by atoms with Crippen LogP contribution in [0, 0.1) is 0 Å². The number of likely N-dealkylation sites (N-methyl/N-ethyl adjacent to an activating group) is 1. The average molecular weight is 293 g/mol. The number of carbonyl (C=O) groups is 2. The van der Waals surface area contributed by atoms with E-state index in [2.05, 4.69) is 10.6 Å². The molecule has 1 aliphatic heterocycles. The first-order valence-corrected chi connectivity index (χ1v) is 6.65. The summed E-state index contributed by atoms with van der Waals surface area (Å²) in [5.41, 5.74) is 0.431. The molecule has 0 saturated heterocycles. The van der Waals surface area contributed by atoms with Crippen molar-refractivity contribution in [3.05, 3.63) is 23.8 Å². The quantitative estimate of drug-likeness (QED) is 0.761. The van der Waals surface area contributed by atoms with Crippen molar-refractivity contribution in [2.75, 3.05) is 40.5 Å². The lowest BCUT2D eigenvalue weighted by Crippen LogP contribution is -2.39. The van der Waals surface area contributed by atoms with Gasteiger partial charge in [-0.05, 0) is 32.3 Å². The van der Waals surface area contributed by atoms with Crippen LogP contribution in [-0.4, -0.2) is 57.2 Å². The van der Waals surface area contributed by atoms with Gasteiger partial charge in [0.05, 0.1) is 6.54 Å². The van der Waals surface area contributed by atoms with E-state index in [1.165, 1.54) is 0 Å². The van der Waals surface area contributed by atoms with Gasteiger partial charge in [-0.3, -0.25) is 9.59 Å². The van der Waals surface area contributed by atoms with Crippen molar-refractivity contribution in [2.45, 2.75) is 0 Å². The van der Waals surface area contributed by atoms with Crippen molar-refractivity contribution in [2.24, 2.45) is 0 Å². The van der Waals surface area contributed by atoms with Crippen molar-refractivity contribution >= 4 is 11.8 Å². The minimum absolute atomic E-state index is 0.0549. The molecule has 0 fully saturated rings. The zero-order valence-electron chi connectivity index (χ0n) is 12.1. The second-order valence-corrected chi connectivity index (χ2v) is 4.90. The van der Waals surface area contributed by atoms with E-state index in [4.69, 9.17) is 9.47 Å². The molecule has 0 aliphatic carbocycles. The van der Waals surface area contributed by atoms with E-state index < -0.39 is 0 Å². The van der Waals surface area contributed by atoms with Gasteiger partial charge in [0.15, 0.2) is 11.5 Å². The Balaban J connectivity index is 1.78. The molecule has 0 saturated carbocycles. The van der Waals surface area contributed by atoms with Gasteiger partial charge in [0.1, 0.15) is 0 Å². The highest BCUT2D eigenvalue weighted by atomic mass is 16.7. The Morgan fingerprint density at radius 1 is 1.19 bits per heavy atom. The number of hydrogen-bond donors (Lipinski definition) is 2. The fourth-order valence-electron chi connectivity index (χ4n) is 1.78. The van der Waals surface area contributed by atoms with Crippen molar-refractivity contribution in [1.82, 2.24) is 15.5 Å². The number of carbonyl (C=O) groups excluding carboxylic acids is 2. The molecule has 7 heteroatoms. The van der Waals surface area contributed by atoms with Crippen LogP contribution < -0.4 is 20.1 Å². The highest BCUT2D eigenvalue weighted by molar-refractivity contribution is 5.97. The summed E-state index contributed by atoms with van der Waals surface area (Å²) in [5, 5.41) is 5.29. The van der Waals surface area contributed by atoms with Crippen LogP contribution in [0.4, 0.5) is 0 Å². The number of rotatable bonds is 6. The summed E-state index contributed by atoms with van der Waals surface area (Å²) in [7, 11) is 3.85. The van der Waals surface area contributed by atoms with Gasteiger partial charge < -0.3 is 25.0 Å². The molecular weight excluding hydrogens is 274 g/mol. The number of hydrogen-bond acceptors (Lipinski definition) is 5. The number of ether oxygens (including phenoxy) is 2. The molecule has 114 valence electrons. The van der Waals surface area contributed by atoms with Gasteiger partial charge in [-0.15, -0.1) is 0 Å². The fourth-order valence-corrected chi connectivity index (χ4v) is 1.78. The third-order valence-electron chi connectivity index (χ3n) is 2.93. The SMILES string of the molecule is CN(C)CCNC(=O)CNC(=O)c1ccc2c(c1)OCO2. The summed E-state index contributed by atoms with van der Waals surface area (Å²) in [5.74, 6) is 0.619. The van der Waals surface area contributed by atoms with E-state index in [1.807, 2.05) is 19.0 Å². The Bertz CT molecular complexity index is 531. The van der Waals surface area contributed by atoms with Crippen LogP contribution in [0.1, 0.15) is 10.4 Å². The van der Waals surface area contributed by atoms with Gasteiger partial charge in [-0.2, -0.15) is 0 Å². The van der Waals surface area contributed by atoms with Crippen LogP contribution in [-0.2, 0) is 4.79 Å². The van der Waals surface area contributed by atoms with Gasteiger partial charge in [0.2, 0.25) is 12.7 Å². The Morgan fingerprint density at radius 3 is 2.71 bits per heavy atom. The van der Waals surface area contributed by atoms with Crippen molar-refractivity contribution in [1.29, 1.82) is 0 Å². The molecule has 0 spiro atoms. The molecule has 0 unspecified atom stereocenters. The normalized spacial score (nSPS) is 12.3. The summed E-state index contributed by atoms with van der Waals surface area (Å²) in [6.45, 7) is 1.41. The zero-order valence-corrected chi connectivity index (χ0v) is 12.1. The summed E-state index contributed by atoms with van der Waals surface area (Å²) in [6.07, 6.45) is 0. The number of amides is 2. The maximum atomic E-state index is 11.9. The molecule has 2 amide bonds. The monoisotopic (exact) mass is 293 g/mol. The van der Waals surface area contributed by atoms with Gasteiger partial charge in [-0.1, -0.05) is 0 Å². The molecule has 7 nitrogen and oxygen atoms in total. The lowest BCUT2D eigenvalue weighted by atomic mass is 10.2. The highest BCUT2D eigenvalue weighted by Crippen LogP contribution is 2.32. The standard InChI is InChI=1S/C14H19N3O4/c1-17(2)6-5-15-13(18)8-16-14(19)10-3-4-11-12(7-10)21-9-20-11/h3-4,7H,5-6,8-9H2,1-2H3,(H,15,18)(H,16,19). The van der Waals surface area contributed by atoms with Gasteiger partial charge in [-0.25, -0.2) is 0 Å². The predicted octanol–water partition coefficient (Wildman–Crippen LogP) is -0.177. The number of nitrogens with zero attached hydrogens (tertiary/aromatic N) is 1. The summed E-state index contributed by atoms with van der Waals surface area (Å²) in [4.78, 5) is 25.5. The van der Waals surface area contributed by atoms with Crippen LogP contribution in [0.5, 0.6) is 11.5 Å². The number of benzene rings is 1. The van der Waals surface area contributed by atoms with E-state index >= 15 is 0 Å². The number of fused-ring (bicyclic) bond motifs is 1. The molecule has 0 bridgehead atoms. The smallest absolute Gasteiger partial charge is 0.251 e. The van der Waals surface area contributed by atoms with Gasteiger partial charge in [0, 0.05) is 18.7 Å². The Kier molecular flexibility index (Phi) is 4.99. The van der Waals surface area contributed by atoms with Crippen molar-refractivity contribution in [3.8, 4) is 11.5 Å². The van der Waals surface area contributed by atoms with Crippen LogP contribution >= 0.6 is 0 Å². The minimum Gasteiger partial charge on any atom is -0.454 e. The summed E-state index contributed by atoms with van der Waals surface area (Å²) < 4.78 is 10.4. The molecule has 0 aromatic heterocycles. The Labute approximate surface area is 123 Å². The molecule has 1 aromatic carbocycles. The third-order valence-corrected chi connectivity index (χ3v) is 2.93. The second kappa shape index (κ2) is 6.94. The topological polar surface area (TPSA) is 79.9 Å². The molecule has 0 atom stereocenters. The second-order valence-electron chi connectivity index (χ2n) is 4.90. The van der Waals surface area contributed by atoms with Crippen LogP contribution in [0.15, 0.2) is 18.2 Å². The molecule has 2 N–H and O–H groups in total. The molecule has 0 radical (unpaired) electrons. The minimum atomic E-state index is -0.323. The number of nitrogens with one attached hydrogen (secondary N) is 2. The van der Waals surface area contributed by atoms with E-state index in [0.29, 0.717) is 23.6 Å².